The lowest BCUT2D eigenvalue weighted by molar-refractivity contribution is -0.140. The van der Waals surface area contributed by atoms with Crippen LogP contribution < -0.4 is 5.32 Å². The zero-order chi connectivity index (χ0) is 24.2. The Kier molecular flexibility index (Phi) is 8.24. The van der Waals surface area contributed by atoms with Crippen molar-refractivity contribution in [3.8, 4) is 0 Å². The van der Waals surface area contributed by atoms with Gasteiger partial charge >= 0.3 is 0 Å². The Hall–Kier alpha value is -2.00. The number of carbonyl (C=O) groups excluding carboxylic acids is 2. The molecule has 0 unspecified atom stereocenters. The summed E-state index contributed by atoms with van der Waals surface area (Å²) in [6.45, 7) is 6.55. The van der Waals surface area contributed by atoms with Crippen LogP contribution in [-0.2, 0) is 22.6 Å². The number of amides is 2. The van der Waals surface area contributed by atoms with E-state index in [0.717, 1.165) is 53.5 Å². The topological polar surface area (TPSA) is 52.7 Å². The standard InChI is InChI=1S/C27H33FIN3O2/c1-18-16-31(13-14-32(18)27(34)20-7-3-4-8-20)17-22-19(2)25(12-11-23(22)28)30-26(33)15-21-9-5-6-10-24(21)29/h5-6,9-12,18,20H,3-4,7-8,13-17H2,1-2H3,(H,30,33)/t18-/m0/s1. The molecule has 2 aromatic carbocycles. The lowest BCUT2D eigenvalue weighted by Gasteiger charge is -2.41. The molecule has 2 aliphatic rings. The zero-order valence-corrected chi connectivity index (χ0v) is 22.1. The minimum Gasteiger partial charge on any atom is -0.337 e. The summed E-state index contributed by atoms with van der Waals surface area (Å²) in [5.74, 6) is 0.112. The SMILES string of the molecule is Cc1c(NC(=O)Cc2ccccc2I)ccc(F)c1CN1CCN(C(=O)C2CCCC2)[C@@H](C)C1. The molecule has 5 nitrogen and oxygen atoms in total. The van der Waals surface area contributed by atoms with Crippen LogP contribution in [0.5, 0.6) is 0 Å². The van der Waals surface area contributed by atoms with Gasteiger partial charge in [0, 0.05) is 53.0 Å². The largest absolute Gasteiger partial charge is 0.337 e. The molecule has 1 aliphatic carbocycles. The van der Waals surface area contributed by atoms with E-state index >= 15 is 0 Å². The van der Waals surface area contributed by atoms with E-state index in [-0.39, 0.29) is 30.1 Å². The summed E-state index contributed by atoms with van der Waals surface area (Å²) in [4.78, 5) is 29.8. The van der Waals surface area contributed by atoms with Crippen LogP contribution in [-0.4, -0.2) is 47.3 Å². The number of halogens is 2. The van der Waals surface area contributed by atoms with Gasteiger partial charge in [-0.25, -0.2) is 4.39 Å². The van der Waals surface area contributed by atoms with Crippen LogP contribution in [0.1, 0.15) is 49.3 Å². The van der Waals surface area contributed by atoms with Crippen molar-refractivity contribution in [3.05, 3.63) is 62.5 Å². The normalized spacial score (nSPS) is 19.4. The summed E-state index contributed by atoms with van der Waals surface area (Å²) < 4.78 is 15.9. The van der Waals surface area contributed by atoms with Gasteiger partial charge in [0.1, 0.15) is 5.82 Å². The summed E-state index contributed by atoms with van der Waals surface area (Å²) in [6, 6.07) is 11.0. The van der Waals surface area contributed by atoms with Crippen molar-refractivity contribution in [2.45, 2.75) is 58.5 Å². The lowest BCUT2D eigenvalue weighted by Crippen LogP contribution is -2.54. The highest BCUT2D eigenvalue weighted by Crippen LogP contribution is 2.29. The summed E-state index contributed by atoms with van der Waals surface area (Å²) in [5, 5.41) is 2.97. The van der Waals surface area contributed by atoms with Gasteiger partial charge in [-0.15, -0.1) is 0 Å². The van der Waals surface area contributed by atoms with E-state index in [1.165, 1.54) is 6.07 Å². The third-order valence-corrected chi connectivity index (χ3v) is 8.26. The van der Waals surface area contributed by atoms with Crippen molar-refractivity contribution in [1.82, 2.24) is 9.80 Å². The summed E-state index contributed by atoms with van der Waals surface area (Å²) in [6.07, 6.45) is 4.61. The predicted molar refractivity (Wildman–Crippen MR) is 141 cm³/mol. The molecule has 182 valence electrons. The number of piperazine rings is 1. The van der Waals surface area contributed by atoms with Gasteiger partial charge in [-0.2, -0.15) is 0 Å². The maximum Gasteiger partial charge on any atom is 0.228 e. The lowest BCUT2D eigenvalue weighted by atomic mass is 10.0. The summed E-state index contributed by atoms with van der Waals surface area (Å²) >= 11 is 2.23. The van der Waals surface area contributed by atoms with Crippen LogP contribution in [0.3, 0.4) is 0 Å². The molecule has 1 heterocycles. The van der Waals surface area contributed by atoms with Crippen LogP contribution in [0.25, 0.3) is 0 Å². The Morgan fingerprint density at radius 1 is 1.12 bits per heavy atom. The quantitative estimate of drug-likeness (QED) is 0.484. The first-order valence-corrected chi connectivity index (χ1v) is 13.3. The molecule has 0 spiro atoms. The number of rotatable bonds is 6. The molecule has 2 aromatic rings. The average Bonchev–Trinajstić information content (AvgIpc) is 3.35. The Labute approximate surface area is 215 Å². The second-order valence-electron chi connectivity index (χ2n) is 9.61. The predicted octanol–water partition coefficient (Wildman–Crippen LogP) is 5.14. The van der Waals surface area contributed by atoms with Gasteiger partial charge in [-0.3, -0.25) is 14.5 Å². The Bertz CT molecular complexity index is 1050. The first kappa shape index (κ1) is 25.1. The highest BCUT2D eigenvalue weighted by molar-refractivity contribution is 14.1. The second kappa shape index (κ2) is 11.2. The van der Waals surface area contributed by atoms with E-state index in [0.29, 0.717) is 30.2 Å². The van der Waals surface area contributed by atoms with Gasteiger partial charge in [0.05, 0.1) is 6.42 Å². The number of anilines is 1. The molecule has 1 atom stereocenters. The number of hydrogen-bond donors (Lipinski definition) is 1. The van der Waals surface area contributed by atoms with E-state index in [9.17, 15) is 14.0 Å². The van der Waals surface area contributed by atoms with Crippen molar-refractivity contribution in [2.75, 3.05) is 25.0 Å². The van der Waals surface area contributed by atoms with Crippen LogP contribution in [0.4, 0.5) is 10.1 Å². The fourth-order valence-corrected chi connectivity index (χ4v) is 5.78. The van der Waals surface area contributed by atoms with E-state index in [1.807, 2.05) is 36.1 Å². The highest BCUT2D eigenvalue weighted by Gasteiger charge is 2.33. The number of hydrogen-bond acceptors (Lipinski definition) is 3. The highest BCUT2D eigenvalue weighted by atomic mass is 127. The number of benzene rings is 2. The molecule has 0 radical (unpaired) electrons. The molecule has 1 saturated heterocycles. The van der Waals surface area contributed by atoms with Gasteiger partial charge in [0.2, 0.25) is 11.8 Å². The van der Waals surface area contributed by atoms with Crippen molar-refractivity contribution in [3.63, 3.8) is 0 Å². The van der Waals surface area contributed by atoms with Gasteiger partial charge < -0.3 is 10.2 Å². The van der Waals surface area contributed by atoms with Crippen LogP contribution >= 0.6 is 22.6 Å². The zero-order valence-electron chi connectivity index (χ0n) is 19.9. The maximum atomic E-state index is 14.8. The van der Waals surface area contributed by atoms with Gasteiger partial charge in [0.25, 0.3) is 0 Å². The molecular formula is C27H33FIN3O2. The molecule has 1 saturated carbocycles. The molecule has 2 fully saturated rings. The fourth-order valence-electron chi connectivity index (χ4n) is 5.20. The monoisotopic (exact) mass is 577 g/mol. The molecule has 0 bridgehead atoms. The minimum atomic E-state index is -0.259. The third kappa shape index (κ3) is 5.79. The van der Waals surface area contributed by atoms with E-state index in [1.54, 1.807) is 6.07 Å². The average molecular weight is 577 g/mol. The molecular weight excluding hydrogens is 544 g/mol. The van der Waals surface area contributed by atoms with E-state index in [2.05, 4.69) is 39.7 Å². The van der Waals surface area contributed by atoms with Crippen molar-refractivity contribution >= 4 is 40.1 Å². The molecule has 34 heavy (non-hydrogen) atoms. The first-order chi connectivity index (χ1) is 16.3. The molecule has 7 heteroatoms. The second-order valence-corrected chi connectivity index (χ2v) is 10.8. The Morgan fingerprint density at radius 2 is 1.85 bits per heavy atom. The number of nitrogens with zero attached hydrogens (tertiary/aromatic N) is 2. The first-order valence-electron chi connectivity index (χ1n) is 12.2. The van der Waals surface area contributed by atoms with Gasteiger partial charge in [0.15, 0.2) is 0 Å². The number of carbonyl (C=O) groups is 2. The Morgan fingerprint density at radius 3 is 2.56 bits per heavy atom. The smallest absolute Gasteiger partial charge is 0.228 e. The van der Waals surface area contributed by atoms with Crippen LogP contribution in [0.2, 0.25) is 0 Å². The van der Waals surface area contributed by atoms with Crippen molar-refractivity contribution < 1.29 is 14.0 Å². The summed E-state index contributed by atoms with van der Waals surface area (Å²) in [5.41, 5.74) is 2.98. The van der Waals surface area contributed by atoms with Gasteiger partial charge in [-0.1, -0.05) is 31.0 Å². The maximum absolute atomic E-state index is 14.8. The molecule has 1 N–H and O–H groups in total. The molecule has 1 aliphatic heterocycles. The fraction of sp³-hybridized carbons (Fsp3) is 0.481. The van der Waals surface area contributed by atoms with Crippen molar-refractivity contribution in [2.24, 2.45) is 5.92 Å². The minimum absolute atomic E-state index is 0.112. The van der Waals surface area contributed by atoms with Crippen LogP contribution in [0, 0.1) is 22.2 Å². The summed E-state index contributed by atoms with van der Waals surface area (Å²) in [7, 11) is 0. The number of nitrogens with one attached hydrogen (secondary N) is 1. The Balaban J connectivity index is 1.40. The third-order valence-electron chi connectivity index (χ3n) is 7.21. The van der Waals surface area contributed by atoms with E-state index in [4.69, 9.17) is 0 Å². The van der Waals surface area contributed by atoms with Gasteiger partial charge in [-0.05, 0) is 78.6 Å². The molecule has 2 amide bonds. The molecule has 0 aromatic heterocycles. The molecule has 4 rings (SSSR count). The van der Waals surface area contributed by atoms with E-state index < -0.39 is 0 Å². The van der Waals surface area contributed by atoms with Crippen LogP contribution in [0.15, 0.2) is 36.4 Å². The van der Waals surface area contributed by atoms with Crippen molar-refractivity contribution in [1.29, 1.82) is 0 Å².